The third-order valence-electron chi connectivity index (χ3n) is 1.45. The van der Waals surface area contributed by atoms with Crippen molar-refractivity contribution >= 4 is 27.0 Å². The van der Waals surface area contributed by atoms with Gasteiger partial charge in [-0.15, -0.1) is 0 Å². The van der Waals surface area contributed by atoms with Crippen LogP contribution in [0.4, 0.5) is 0 Å². The van der Waals surface area contributed by atoms with Gasteiger partial charge in [0.1, 0.15) is 0 Å². The van der Waals surface area contributed by atoms with Gasteiger partial charge in [-0.1, -0.05) is 11.8 Å². The molecule has 0 bridgehead atoms. The van der Waals surface area contributed by atoms with Gasteiger partial charge in [0.15, 0.2) is 0 Å². The number of pyridine rings is 1. The summed E-state index contributed by atoms with van der Waals surface area (Å²) in [5.41, 5.74) is 0. The zero-order valence-corrected chi connectivity index (χ0v) is 10.3. The summed E-state index contributed by atoms with van der Waals surface area (Å²) in [7, 11) is -9.78. The number of aromatic nitrogens is 1. The van der Waals surface area contributed by atoms with E-state index in [9.17, 15) is 9.13 Å². The quantitative estimate of drug-likeness (QED) is 0.472. The van der Waals surface area contributed by atoms with Gasteiger partial charge in [-0.2, -0.15) is 0 Å². The SMILES string of the molecule is O=P(O)(O)C(Sc1cccnc1)P(=O)(O)O. The molecule has 0 unspecified atom stereocenters. The predicted octanol–water partition coefficient (Wildman–Crippen LogP) is 0.813. The topological polar surface area (TPSA) is 128 Å². The van der Waals surface area contributed by atoms with Crippen molar-refractivity contribution in [3.63, 3.8) is 0 Å². The van der Waals surface area contributed by atoms with E-state index in [0.717, 1.165) is 0 Å². The van der Waals surface area contributed by atoms with Crippen molar-refractivity contribution in [3.8, 4) is 0 Å². The Labute approximate surface area is 95.2 Å². The highest BCUT2D eigenvalue weighted by molar-refractivity contribution is 8.12. The molecule has 0 spiro atoms. The van der Waals surface area contributed by atoms with E-state index in [1.807, 2.05) is 0 Å². The molecule has 0 aromatic carbocycles. The summed E-state index contributed by atoms with van der Waals surface area (Å²) in [6.45, 7) is 0. The van der Waals surface area contributed by atoms with Gasteiger partial charge in [-0.05, 0) is 12.1 Å². The van der Waals surface area contributed by atoms with Crippen LogP contribution in [0.1, 0.15) is 0 Å². The van der Waals surface area contributed by atoms with Crippen molar-refractivity contribution in [2.24, 2.45) is 0 Å². The first kappa shape index (κ1) is 13.9. The summed E-state index contributed by atoms with van der Waals surface area (Å²) in [5, 5.41) is 0. The highest BCUT2D eigenvalue weighted by atomic mass is 32.2. The fraction of sp³-hybridized carbons (Fsp3) is 0.167. The second-order valence-corrected chi connectivity index (χ2v) is 8.48. The summed E-state index contributed by atoms with van der Waals surface area (Å²) in [5.74, 6) is 0. The van der Waals surface area contributed by atoms with Crippen molar-refractivity contribution in [2.45, 2.75) is 9.63 Å². The Balaban J connectivity index is 2.99. The molecular weight excluding hydrogens is 276 g/mol. The van der Waals surface area contributed by atoms with Gasteiger partial charge < -0.3 is 19.6 Å². The molecule has 0 radical (unpaired) electrons. The van der Waals surface area contributed by atoms with E-state index in [0.29, 0.717) is 11.8 Å². The maximum atomic E-state index is 10.9. The molecule has 0 aliphatic heterocycles. The van der Waals surface area contributed by atoms with Gasteiger partial charge in [0, 0.05) is 17.3 Å². The van der Waals surface area contributed by atoms with Crippen molar-refractivity contribution in [3.05, 3.63) is 24.5 Å². The zero-order chi connectivity index (χ0) is 12.4. The van der Waals surface area contributed by atoms with E-state index in [1.165, 1.54) is 24.5 Å². The van der Waals surface area contributed by atoms with Crippen LogP contribution < -0.4 is 0 Å². The molecule has 0 saturated heterocycles. The monoisotopic (exact) mass is 285 g/mol. The molecule has 1 aromatic rings. The van der Waals surface area contributed by atoms with Crippen molar-refractivity contribution in [1.29, 1.82) is 0 Å². The van der Waals surface area contributed by atoms with Crippen LogP contribution in [0.25, 0.3) is 0 Å². The van der Waals surface area contributed by atoms with Crippen LogP contribution in [0.5, 0.6) is 0 Å². The van der Waals surface area contributed by atoms with E-state index >= 15 is 0 Å². The molecule has 0 aliphatic carbocycles. The van der Waals surface area contributed by atoms with Crippen molar-refractivity contribution < 1.29 is 28.7 Å². The summed E-state index contributed by atoms with van der Waals surface area (Å²) < 4.78 is 19.8. The van der Waals surface area contributed by atoms with Gasteiger partial charge in [-0.3, -0.25) is 14.1 Å². The third kappa shape index (κ3) is 3.99. The maximum Gasteiger partial charge on any atom is 0.351 e. The normalized spacial score (nSPS) is 13.1. The molecule has 0 amide bonds. The zero-order valence-electron chi connectivity index (χ0n) is 7.74. The Kier molecular flexibility index (Phi) is 4.31. The van der Waals surface area contributed by atoms with Gasteiger partial charge in [0.2, 0.25) is 4.73 Å². The Morgan fingerprint density at radius 3 is 2.12 bits per heavy atom. The van der Waals surface area contributed by atoms with Crippen LogP contribution in [0.15, 0.2) is 29.4 Å². The largest absolute Gasteiger partial charge is 0.351 e. The van der Waals surface area contributed by atoms with Crippen LogP contribution in [0, 0.1) is 0 Å². The molecule has 1 heterocycles. The van der Waals surface area contributed by atoms with Gasteiger partial charge >= 0.3 is 15.2 Å². The lowest BCUT2D eigenvalue weighted by Crippen LogP contribution is -2.04. The third-order valence-corrected chi connectivity index (χ3v) is 7.41. The molecule has 0 fully saturated rings. The second-order valence-electron chi connectivity index (χ2n) is 2.81. The average Bonchev–Trinajstić information content (AvgIpc) is 2.12. The first-order chi connectivity index (χ1) is 7.21. The molecule has 1 aromatic heterocycles. The van der Waals surface area contributed by atoms with E-state index in [1.54, 1.807) is 0 Å². The fourth-order valence-electron chi connectivity index (χ4n) is 0.872. The average molecular weight is 285 g/mol. The summed E-state index contributed by atoms with van der Waals surface area (Å²) in [6.07, 6.45) is 2.71. The number of hydrogen-bond acceptors (Lipinski definition) is 4. The number of hydrogen-bond donors (Lipinski definition) is 4. The predicted molar refractivity (Wildman–Crippen MR) is 58.0 cm³/mol. The van der Waals surface area contributed by atoms with E-state index in [-0.39, 0.29) is 4.90 Å². The molecule has 90 valence electrons. The lowest BCUT2D eigenvalue weighted by molar-refractivity contribution is 0.352. The Morgan fingerprint density at radius 2 is 1.75 bits per heavy atom. The Morgan fingerprint density at radius 1 is 1.19 bits per heavy atom. The lowest BCUT2D eigenvalue weighted by atomic mass is 10.5. The summed E-state index contributed by atoms with van der Waals surface area (Å²) in [4.78, 5) is 39.4. The summed E-state index contributed by atoms with van der Waals surface area (Å²) >= 11 is 0.414. The fourth-order valence-corrected chi connectivity index (χ4v) is 4.79. The van der Waals surface area contributed by atoms with Crippen LogP contribution in [0.3, 0.4) is 0 Å². The number of thioether (sulfide) groups is 1. The molecule has 0 atom stereocenters. The minimum Gasteiger partial charge on any atom is -0.323 e. The minimum atomic E-state index is -4.89. The van der Waals surface area contributed by atoms with E-state index < -0.39 is 19.9 Å². The maximum absolute atomic E-state index is 10.9. The van der Waals surface area contributed by atoms with Crippen LogP contribution in [-0.2, 0) is 9.13 Å². The molecule has 10 heteroatoms. The van der Waals surface area contributed by atoms with Crippen LogP contribution in [-0.4, -0.2) is 29.3 Å². The smallest absolute Gasteiger partial charge is 0.323 e. The Bertz CT molecular complexity index is 420. The summed E-state index contributed by atoms with van der Waals surface area (Å²) in [6, 6.07) is 2.95. The minimum absolute atomic E-state index is 0.277. The molecular formula is C6H9NO6P2S. The van der Waals surface area contributed by atoms with Crippen LogP contribution in [0.2, 0.25) is 0 Å². The highest BCUT2D eigenvalue weighted by Gasteiger charge is 2.44. The molecule has 4 N–H and O–H groups in total. The molecule has 1 rings (SSSR count). The van der Waals surface area contributed by atoms with Gasteiger partial charge in [0.25, 0.3) is 0 Å². The molecule has 0 saturated carbocycles. The molecule has 0 aliphatic rings. The molecule has 7 nitrogen and oxygen atoms in total. The van der Waals surface area contributed by atoms with Crippen LogP contribution >= 0.6 is 27.0 Å². The standard InChI is InChI=1S/C6H9NO6P2S/c8-14(9,10)6(15(11,12)13)16-5-2-1-3-7-4-5/h1-4,6H,(H2,8,9,10)(H2,11,12,13). The van der Waals surface area contributed by atoms with Gasteiger partial charge in [0.05, 0.1) is 0 Å². The Hall–Kier alpha value is -0.200. The number of rotatable bonds is 4. The van der Waals surface area contributed by atoms with Gasteiger partial charge in [-0.25, -0.2) is 0 Å². The highest BCUT2D eigenvalue weighted by Crippen LogP contribution is 2.65. The number of nitrogens with zero attached hydrogens (tertiary/aromatic N) is 1. The van der Waals surface area contributed by atoms with E-state index in [2.05, 4.69) is 4.98 Å². The first-order valence-electron chi connectivity index (χ1n) is 3.88. The second kappa shape index (κ2) is 4.98. The van der Waals surface area contributed by atoms with Crippen molar-refractivity contribution in [2.75, 3.05) is 0 Å². The van der Waals surface area contributed by atoms with E-state index in [4.69, 9.17) is 19.6 Å². The lowest BCUT2D eigenvalue weighted by Gasteiger charge is -2.18. The molecule has 16 heavy (non-hydrogen) atoms. The first-order valence-corrected chi connectivity index (χ1v) is 8.12. The van der Waals surface area contributed by atoms with Crippen molar-refractivity contribution in [1.82, 2.24) is 4.98 Å².